The number of aromatic nitrogens is 2. The molecule has 17 heavy (non-hydrogen) atoms. The number of rotatable bonds is 3. The van der Waals surface area contributed by atoms with E-state index in [2.05, 4.69) is 4.98 Å². The zero-order chi connectivity index (χ0) is 11.7. The van der Waals surface area contributed by atoms with Gasteiger partial charge in [-0.1, -0.05) is 12.1 Å². The number of imidazole rings is 1. The van der Waals surface area contributed by atoms with Crippen molar-refractivity contribution in [2.75, 3.05) is 0 Å². The molecule has 0 fully saturated rings. The summed E-state index contributed by atoms with van der Waals surface area (Å²) in [7, 11) is 0. The molecule has 3 aromatic rings. The number of benzene rings is 1. The molecule has 4 heteroatoms. The molecule has 0 saturated carbocycles. The van der Waals surface area contributed by atoms with Crippen LogP contribution in [-0.4, -0.2) is 15.3 Å². The predicted octanol–water partition coefficient (Wildman–Crippen LogP) is 2.51. The molecule has 0 bridgehead atoms. The molecule has 1 aromatic carbocycles. The van der Waals surface area contributed by atoms with Crippen molar-refractivity contribution in [3.05, 3.63) is 54.7 Å². The fraction of sp³-hybridized carbons (Fsp3) is 0.0769. The first-order chi connectivity index (χ1) is 8.34. The van der Waals surface area contributed by atoms with Gasteiger partial charge in [0.05, 0.1) is 30.2 Å². The molecule has 3 rings (SSSR count). The second kappa shape index (κ2) is 3.90. The number of hydrogen-bond donors (Lipinski definition) is 0. The van der Waals surface area contributed by atoms with Crippen molar-refractivity contribution in [2.24, 2.45) is 0 Å². The Morgan fingerprint density at radius 1 is 1.24 bits per heavy atom. The van der Waals surface area contributed by atoms with Crippen LogP contribution in [0.2, 0.25) is 0 Å². The molecule has 0 saturated heterocycles. The van der Waals surface area contributed by atoms with E-state index in [1.165, 1.54) is 6.26 Å². The molecule has 0 aliphatic carbocycles. The normalized spacial score (nSPS) is 10.8. The highest BCUT2D eigenvalue weighted by molar-refractivity contribution is 5.94. The third-order valence-corrected chi connectivity index (χ3v) is 2.64. The summed E-state index contributed by atoms with van der Waals surface area (Å²) < 4.78 is 6.89. The van der Waals surface area contributed by atoms with Gasteiger partial charge in [-0.15, -0.1) is 0 Å². The van der Waals surface area contributed by atoms with Crippen molar-refractivity contribution in [2.45, 2.75) is 6.54 Å². The lowest BCUT2D eigenvalue weighted by atomic mass is 10.3. The van der Waals surface area contributed by atoms with Crippen LogP contribution in [-0.2, 0) is 6.54 Å². The van der Waals surface area contributed by atoms with Gasteiger partial charge in [-0.05, 0) is 24.3 Å². The lowest BCUT2D eigenvalue weighted by Crippen LogP contribution is -2.08. The number of Topliss-reactive ketones (excluding diaryl/α,β-unsaturated/α-hetero) is 1. The van der Waals surface area contributed by atoms with E-state index in [-0.39, 0.29) is 12.3 Å². The highest BCUT2D eigenvalue weighted by Crippen LogP contribution is 2.13. The fourth-order valence-corrected chi connectivity index (χ4v) is 1.81. The highest BCUT2D eigenvalue weighted by Gasteiger charge is 2.11. The minimum absolute atomic E-state index is 0.0573. The van der Waals surface area contributed by atoms with Crippen molar-refractivity contribution < 1.29 is 9.21 Å². The van der Waals surface area contributed by atoms with E-state index in [1.54, 1.807) is 18.5 Å². The van der Waals surface area contributed by atoms with E-state index < -0.39 is 0 Å². The van der Waals surface area contributed by atoms with Gasteiger partial charge in [0, 0.05) is 0 Å². The van der Waals surface area contributed by atoms with Crippen molar-refractivity contribution in [3.63, 3.8) is 0 Å². The Morgan fingerprint density at radius 2 is 2.12 bits per heavy atom. The van der Waals surface area contributed by atoms with Crippen LogP contribution in [0, 0.1) is 0 Å². The van der Waals surface area contributed by atoms with Crippen LogP contribution >= 0.6 is 0 Å². The Hall–Kier alpha value is -2.36. The van der Waals surface area contributed by atoms with Gasteiger partial charge in [0.25, 0.3) is 0 Å². The number of hydrogen-bond acceptors (Lipinski definition) is 3. The SMILES string of the molecule is O=C(Cn1cnc2ccccc21)c1ccco1. The Bertz CT molecular complexity index is 653. The molecule has 0 amide bonds. The fourth-order valence-electron chi connectivity index (χ4n) is 1.81. The highest BCUT2D eigenvalue weighted by atomic mass is 16.3. The van der Waals surface area contributed by atoms with Crippen molar-refractivity contribution >= 4 is 16.8 Å². The molecule has 2 aromatic heterocycles. The molecule has 0 radical (unpaired) electrons. The summed E-state index contributed by atoms with van der Waals surface area (Å²) in [6.45, 7) is 0.244. The van der Waals surface area contributed by atoms with Crippen LogP contribution in [0.1, 0.15) is 10.6 Å². The summed E-state index contributed by atoms with van der Waals surface area (Å²) >= 11 is 0. The number of fused-ring (bicyclic) bond motifs is 1. The monoisotopic (exact) mass is 226 g/mol. The van der Waals surface area contributed by atoms with Crippen LogP contribution in [0.5, 0.6) is 0 Å². The zero-order valence-corrected chi connectivity index (χ0v) is 9.04. The van der Waals surface area contributed by atoms with Crippen LogP contribution < -0.4 is 0 Å². The van der Waals surface area contributed by atoms with E-state index in [9.17, 15) is 4.79 Å². The van der Waals surface area contributed by atoms with Crippen molar-refractivity contribution in [1.82, 2.24) is 9.55 Å². The van der Waals surface area contributed by atoms with Crippen LogP contribution in [0.25, 0.3) is 11.0 Å². The maximum Gasteiger partial charge on any atom is 0.217 e. The summed E-state index contributed by atoms with van der Waals surface area (Å²) in [5.74, 6) is 0.320. The third kappa shape index (κ3) is 1.73. The second-order valence-electron chi connectivity index (χ2n) is 3.76. The topological polar surface area (TPSA) is 48.0 Å². The van der Waals surface area contributed by atoms with E-state index >= 15 is 0 Å². The number of carbonyl (C=O) groups is 1. The van der Waals surface area contributed by atoms with Crippen molar-refractivity contribution in [1.29, 1.82) is 0 Å². The summed E-state index contributed by atoms with van der Waals surface area (Å²) in [4.78, 5) is 16.1. The smallest absolute Gasteiger partial charge is 0.217 e. The molecular formula is C13H10N2O2. The van der Waals surface area contributed by atoms with Crippen LogP contribution in [0.4, 0.5) is 0 Å². The standard InChI is InChI=1S/C13H10N2O2/c16-12(13-6-3-7-17-13)8-15-9-14-10-4-1-2-5-11(10)15/h1-7,9H,8H2. The van der Waals surface area contributed by atoms with E-state index in [0.717, 1.165) is 11.0 Å². The Morgan fingerprint density at radius 3 is 2.94 bits per heavy atom. The van der Waals surface area contributed by atoms with Gasteiger partial charge in [-0.2, -0.15) is 0 Å². The zero-order valence-electron chi connectivity index (χ0n) is 9.04. The molecule has 2 heterocycles. The summed E-state index contributed by atoms with van der Waals surface area (Å²) in [5.41, 5.74) is 1.84. The largest absolute Gasteiger partial charge is 0.461 e. The lowest BCUT2D eigenvalue weighted by molar-refractivity contribution is 0.0946. The molecule has 0 aliphatic heterocycles. The van der Waals surface area contributed by atoms with Gasteiger partial charge in [-0.25, -0.2) is 4.98 Å². The van der Waals surface area contributed by atoms with Gasteiger partial charge in [0.1, 0.15) is 0 Å². The average Bonchev–Trinajstić information content (AvgIpc) is 2.98. The molecule has 0 unspecified atom stereocenters. The molecule has 0 spiro atoms. The molecule has 0 aliphatic rings. The van der Waals surface area contributed by atoms with Crippen LogP contribution in [0.3, 0.4) is 0 Å². The molecular weight excluding hydrogens is 216 g/mol. The Kier molecular flexibility index (Phi) is 2.26. The van der Waals surface area contributed by atoms with E-state index in [0.29, 0.717) is 5.76 Å². The first-order valence-electron chi connectivity index (χ1n) is 5.31. The average molecular weight is 226 g/mol. The second-order valence-corrected chi connectivity index (χ2v) is 3.76. The minimum atomic E-state index is -0.0573. The van der Waals surface area contributed by atoms with Gasteiger partial charge in [-0.3, -0.25) is 4.79 Å². The van der Waals surface area contributed by atoms with Gasteiger partial charge in [0.2, 0.25) is 5.78 Å². The number of carbonyl (C=O) groups excluding carboxylic acids is 1. The molecule has 84 valence electrons. The number of furan rings is 1. The quantitative estimate of drug-likeness (QED) is 0.645. The number of ketones is 1. The molecule has 0 atom stereocenters. The van der Waals surface area contributed by atoms with Gasteiger partial charge < -0.3 is 8.98 Å². The number of para-hydroxylation sites is 2. The van der Waals surface area contributed by atoms with E-state index in [1.807, 2.05) is 28.8 Å². The van der Waals surface area contributed by atoms with E-state index in [4.69, 9.17) is 4.42 Å². The Balaban J connectivity index is 1.93. The Labute approximate surface area is 97.5 Å². The number of nitrogens with zero attached hydrogens (tertiary/aromatic N) is 2. The van der Waals surface area contributed by atoms with Gasteiger partial charge >= 0.3 is 0 Å². The first kappa shape index (κ1) is 9.84. The minimum Gasteiger partial charge on any atom is -0.461 e. The predicted molar refractivity (Wildman–Crippen MR) is 62.8 cm³/mol. The maximum absolute atomic E-state index is 11.9. The van der Waals surface area contributed by atoms with Crippen LogP contribution in [0.15, 0.2) is 53.4 Å². The summed E-state index contributed by atoms with van der Waals surface area (Å²) in [6.07, 6.45) is 3.17. The summed E-state index contributed by atoms with van der Waals surface area (Å²) in [5, 5.41) is 0. The summed E-state index contributed by atoms with van der Waals surface area (Å²) in [6, 6.07) is 11.1. The maximum atomic E-state index is 11.9. The first-order valence-corrected chi connectivity index (χ1v) is 5.31. The van der Waals surface area contributed by atoms with Gasteiger partial charge in [0.15, 0.2) is 5.76 Å². The third-order valence-electron chi connectivity index (χ3n) is 2.64. The molecule has 0 N–H and O–H groups in total. The molecule has 4 nitrogen and oxygen atoms in total. The lowest BCUT2D eigenvalue weighted by Gasteiger charge is -2.01. The van der Waals surface area contributed by atoms with Crippen molar-refractivity contribution in [3.8, 4) is 0 Å².